The van der Waals surface area contributed by atoms with Gasteiger partial charge < -0.3 is 9.80 Å². The molecule has 142 valence electrons. The maximum absolute atomic E-state index is 14.4. The molecule has 6 heteroatoms. The summed E-state index contributed by atoms with van der Waals surface area (Å²) in [4.78, 5) is 4.12. The number of allylic oxidation sites excluding steroid dienone is 7. The van der Waals surface area contributed by atoms with Crippen LogP contribution in [0, 0.1) is 0 Å². The number of fused-ring (bicyclic) bond motifs is 2. The van der Waals surface area contributed by atoms with Crippen molar-refractivity contribution in [1.29, 1.82) is 0 Å². The van der Waals surface area contributed by atoms with E-state index in [9.17, 15) is 8.78 Å². The average molecular weight is 370 g/mol. The van der Waals surface area contributed by atoms with Crippen molar-refractivity contribution in [3.05, 3.63) is 84.4 Å². The van der Waals surface area contributed by atoms with E-state index in [-0.39, 0.29) is 5.57 Å². The van der Waals surface area contributed by atoms with Crippen molar-refractivity contribution >= 4 is 5.57 Å². The molecule has 0 saturated carbocycles. The molecule has 27 heavy (non-hydrogen) atoms. The minimum atomic E-state index is -1.42. The molecule has 1 fully saturated rings. The number of rotatable bonds is 2. The molecule has 3 heterocycles. The average Bonchev–Trinajstić information content (AvgIpc) is 3.26. The van der Waals surface area contributed by atoms with Gasteiger partial charge in [-0.05, 0) is 25.0 Å². The molecule has 0 bridgehead atoms. The van der Waals surface area contributed by atoms with Crippen LogP contribution in [0.15, 0.2) is 73.2 Å². The van der Waals surface area contributed by atoms with Crippen LogP contribution < -0.4 is 0 Å². The Balaban J connectivity index is 0.00000102. The Kier molecular flexibility index (Phi) is 5.44. The van der Waals surface area contributed by atoms with Gasteiger partial charge in [0.1, 0.15) is 17.8 Å². The largest absolute Gasteiger partial charge is 0.360 e. The molecule has 1 aliphatic carbocycles. The summed E-state index contributed by atoms with van der Waals surface area (Å²) in [6.07, 6.45) is 7.97. The SMILES string of the molecule is C=C.C=C/C1=C2\N(C)CCCN2/C(C2=C(F)C=CC2F)=C/Cc2cn[nH]c21. The number of aromatic nitrogens is 2. The Hall–Kier alpha value is -2.89. The van der Waals surface area contributed by atoms with Crippen LogP contribution >= 0.6 is 0 Å². The number of aromatic amines is 1. The zero-order chi connectivity index (χ0) is 19.6. The molecule has 4 rings (SSSR count). The summed E-state index contributed by atoms with van der Waals surface area (Å²) in [5, 5.41) is 7.20. The Morgan fingerprint density at radius 2 is 2.11 bits per heavy atom. The van der Waals surface area contributed by atoms with Crippen LogP contribution in [-0.4, -0.2) is 46.3 Å². The maximum atomic E-state index is 14.4. The van der Waals surface area contributed by atoms with Crippen molar-refractivity contribution in [2.75, 3.05) is 20.1 Å². The predicted octanol–water partition coefficient (Wildman–Crippen LogP) is 4.28. The second kappa shape index (κ2) is 7.78. The Bertz CT molecular complexity index is 859. The monoisotopic (exact) mass is 370 g/mol. The Labute approximate surface area is 158 Å². The fraction of sp³-hybridized carbons (Fsp3) is 0.286. The van der Waals surface area contributed by atoms with Gasteiger partial charge in [0.25, 0.3) is 0 Å². The van der Waals surface area contributed by atoms with E-state index in [1.54, 1.807) is 12.3 Å². The summed E-state index contributed by atoms with van der Waals surface area (Å²) < 4.78 is 28.8. The van der Waals surface area contributed by atoms with Crippen molar-refractivity contribution in [1.82, 2.24) is 20.0 Å². The lowest BCUT2D eigenvalue weighted by Crippen LogP contribution is -2.42. The van der Waals surface area contributed by atoms with E-state index in [2.05, 4.69) is 34.8 Å². The molecule has 4 nitrogen and oxygen atoms in total. The highest BCUT2D eigenvalue weighted by Gasteiger charge is 2.34. The molecule has 0 aromatic carbocycles. The highest BCUT2D eigenvalue weighted by atomic mass is 19.1. The first-order valence-electron chi connectivity index (χ1n) is 8.92. The molecule has 0 amide bonds. The minimum Gasteiger partial charge on any atom is -0.360 e. The van der Waals surface area contributed by atoms with E-state index < -0.39 is 12.0 Å². The first kappa shape index (κ1) is 18.9. The summed E-state index contributed by atoms with van der Waals surface area (Å²) in [6.45, 7) is 11.5. The molecule has 1 aromatic heterocycles. The number of nitrogens with one attached hydrogen (secondary N) is 1. The van der Waals surface area contributed by atoms with Gasteiger partial charge in [0.15, 0.2) is 0 Å². The zero-order valence-corrected chi connectivity index (χ0v) is 15.5. The van der Waals surface area contributed by atoms with Gasteiger partial charge in [-0.15, -0.1) is 13.2 Å². The van der Waals surface area contributed by atoms with E-state index in [4.69, 9.17) is 0 Å². The molecule has 0 spiro atoms. The number of nitrogens with zero attached hydrogens (tertiary/aromatic N) is 3. The molecular weight excluding hydrogens is 346 g/mol. The predicted molar refractivity (Wildman–Crippen MR) is 105 cm³/mol. The van der Waals surface area contributed by atoms with Crippen molar-refractivity contribution in [2.24, 2.45) is 0 Å². The van der Waals surface area contributed by atoms with E-state index in [0.717, 1.165) is 35.6 Å². The van der Waals surface area contributed by atoms with Crippen LogP contribution in [0.1, 0.15) is 17.7 Å². The Morgan fingerprint density at radius 1 is 1.33 bits per heavy atom. The van der Waals surface area contributed by atoms with Crippen LogP contribution in [-0.2, 0) is 6.42 Å². The third-order valence-corrected chi connectivity index (χ3v) is 4.95. The zero-order valence-electron chi connectivity index (χ0n) is 15.5. The maximum Gasteiger partial charge on any atom is 0.149 e. The van der Waals surface area contributed by atoms with Gasteiger partial charge in [-0.3, -0.25) is 5.10 Å². The smallest absolute Gasteiger partial charge is 0.149 e. The number of halogens is 2. The number of H-pyrrole nitrogens is 1. The third-order valence-electron chi connectivity index (χ3n) is 4.95. The summed E-state index contributed by atoms with van der Waals surface area (Å²) in [5.74, 6) is 0.400. The van der Waals surface area contributed by atoms with Crippen LogP contribution in [0.25, 0.3) is 5.57 Å². The van der Waals surface area contributed by atoms with Crippen LogP contribution in [0.2, 0.25) is 0 Å². The lowest BCUT2D eigenvalue weighted by Gasteiger charge is -2.42. The van der Waals surface area contributed by atoms with Crippen LogP contribution in [0.4, 0.5) is 8.78 Å². The minimum absolute atomic E-state index is 0.114. The van der Waals surface area contributed by atoms with E-state index in [1.165, 1.54) is 12.2 Å². The van der Waals surface area contributed by atoms with Gasteiger partial charge in [0.05, 0.1) is 11.9 Å². The molecule has 1 unspecified atom stereocenters. The fourth-order valence-electron chi connectivity index (χ4n) is 3.80. The molecule has 1 atom stereocenters. The summed E-state index contributed by atoms with van der Waals surface area (Å²) >= 11 is 0. The van der Waals surface area contributed by atoms with Gasteiger partial charge >= 0.3 is 0 Å². The van der Waals surface area contributed by atoms with Gasteiger partial charge in [-0.25, -0.2) is 8.78 Å². The third kappa shape index (κ3) is 3.16. The highest BCUT2D eigenvalue weighted by molar-refractivity contribution is 5.76. The second-order valence-electron chi connectivity index (χ2n) is 6.45. The van der Waals surface area contributed by atoms with E-state index in [1.807, 2.05) is 18.0 Å². The standard InChI is InChI=1S/C19H20F2N4.C2H4/c1-3-13-18-12(11-22-23-18)5-8-16(17-14(20)6-7-15(17)21)25-10-4-9-24(2)19(13)25;1-2/h3,6-8,11,14H,1,4-5,9-10H2,2H3,(H,22,23);1-2H2/b16-8+,19-13-;. The molecular formula is C21H24F2N4. The summed E-state index contributed by atoms with van der Waals surface area (Å²) in [5.41, 5.74) is 3.52. The second-order valence-corrected chi connectivity index (χ2v) is 6.45. The van der Waals surface area contributed by atoms with Crippen LogP contribution in [0.3, 0.4) is 0 Å². The number of alkyl halides is 1. The molecule has 1 saturated heterocycles. The van der Waals surface area contributed by atoms with Crippen molar-refractivity contribution in [2.45, 2.75) is 19.0 Å². The van der Waals surface area contributed by atoms with Crippen molar-refractivity contribution < 1.29 is 8.78 Å². The first-order chi connectivity index (χ1) is 13.1. The molecule has 0 radical (unpaired) electrons. The van der Waals surface area contributed by atoms with Crippen molar-refractivity contribution in [3.8, 4) is 0 Å². The number of hydrogen-bond donors (Lipinski definition) is 1. The van der Waals surface area contributed by atoms with Gasteiger partial charge in [-0.1, -0.05) is 18.7 Å². The molecule has 1 N–H and O–H groups in total. The molecule has 3 aliphatic rings. The normalized spacial score (nSPS) is 26.3. The van der Waals surface area contributed by atoms with Gasteiger partial charge in [-0.2, -0.15) is 5.10 Å². The quantitative estimate of drug-likeness (QED) is 0.790. The van der Waals surface area contributed by atoms with Crippen molar-refractivity contribution in [3.63, 3.8) is 0 Å². The fourth-order valence-corrected chi connectivity index (χ4v) is 3.80. The highest BCUT2D eigenvalue weighted by Crippen LogP contribution is 2.39. The van der Waals surface area contributed by atoms with E-state index >= 15 is 0 Å². The Morgan fingerprint density at radius 3 is 2.78 bits per heavy atom. The number of hydrogen-bond acceptors (Lipinski definition) is 3. The van der Waals surface area contributed by atoms with Gasteiger partial charge in [0, 0.05) is 42.5 Å². The summed E-state index contributed by atoms with van der Waals surface area (Å²) in [7, 11) is 1.99. The lowest BCUT2D eigenvalue weighted by atomic mass is 9.97. The summed E-state index contributed by atoms with van der Waals surface area (Å²) in [6, 6.07) is 0. The van der Waals surface area contributed by atoms with E-state index in [0.29, 0.717) is 18.7 Å². The first-order valence-corrected chi connectivity index (χ1v) is 8.92. The lowest BCUT2D eigenvalue weighted by molar-refractivity contribution is 0.217. The van der Waals surface area contributed by atoms with Crippen LogP contribution in [0.5, 0.6) is 0 Å². The molecule has 2 aliphatic heterocycles. The molecule has 1 aromatic rings. The van der Waals surface area contributed by atoms with Gasteiger partial charge in [0.2, 0.25) is 0 Å². The topological polar surface area (TPSA) is 35.2 Å².